The monoisotopic (exact) mass is 451 g/mol. The topological polar surface area (TPSA) is 53.6 Å². The molecule has 0 bridgehead atoms. The number of ether oxygens (including phenoxy) is 1. The zero-order valence-corrected chi connectivity index (χ0v) is 19.0. The van der Waals surface area contributed by atoms with Crippen LogP contribution in [-0.2, 0) is 24.2 Å². The van der Waals surface area contributed by atoms with E-state index in [4.69, 9.17) is 17.0 Å². The Bertz CT molecular complexity index is 1050. The van der Waals surface area contributed by atoms with Gasteiger partial charge in [-0.25, -0.2) is 4.79 Å². The van der Waals surface area contributed by atoms with Crippen molar-refractivity contribution < 1.29 is 9.53 Å². The van der Waals surface area contributed by atoms with Crippen LogP contribution in [0, 0.1) is 0 Å². The standard InChI is InChI=1S/C24H25N3O2S2/c1-2-29-23(28)21-19-16-27(15-17-9-5-3-6-10-17)14-13-20(19)31-22(21)26-24(30)25-18-11-7-4-8-12-18/h3-12H,2,13-16H2,1H3,(H2,25,26,30). The number of fused-ring (bicyclic) bond motifs is 1. The first-order valence-electron chi connectivity index (χ1n) is 10.3. The number of hydrogen-bond acceptors (Lipinski definition) is 5. The van der Waals surface area contributed by atoms with Gasteiger partial charge in [-0.15, -0.1) is 11.3 Å². The van der Waals surface area contributed by atoms with Crippen LogP contribution in [0.2, 0.25) is 0 Å². The average molecular weight is 452 g/mol. The summed E-state index contributed by atoms with van der Waals surface area (Å²) in [7, 11) is 0. The van der Waals surface area contributed by atoms with E-state index in [9.17, 15) is 4.79 Å². The molecule has 2 heterocycles. The first-order valence-corrected chi connectivity index (χ1v) is 11.6. The first-order chi connectivity index (χ1) is 15.1. The molecule has 1 aliphatic rings. The van der Waals surface area contributed by atoms with Gasteiger partial charge in [0.15, 0.2) is 5.11 Å². The van der Waals surface area contributed by atoms with Crippen molar-refractivity contribution in [1.29, 1.82) is 0 Å². The van der Waals surface area contributed by atoms with E-state index < -0.39 is 0 Å². The van der Waals surface area contributed by atoms with Crippen LogP contribution in [0.3, 0.4) is 0 Å². The second-order valence-corrected chi connectivity index (χ2v) is 8.83. The molecule has 1 aromatic heterocycles. The minimum absolute atomic E-state index is 0.299. The SMILES string of the molecule is CCOC(=O)c1c(NC(=S)Nc2ccccc2)sc2c1CN(Cc1ccccc1)CC2. The van der Waals surface area contributed by atoms with Crippen molar-refractivity contribution in [2.75, 3.05) is 23.8 Å². The number of anilines is 2. The molecule has 0 fully saturated rings. The maximum Gasteiger partial charge on any atom is 0.341 e. The summed E-state index contributed by atoms with van der Waals surface area (Å²) in [6, 6.07) is 20.1. The lowest BCUT2D eigenvalue weighted by atomic mass is 10.0. The Labute approximate surface area is 192 Å². The highest BCUT2D eigenvalue weighted by molar-refractivity contribution is 7.80. The summed E-state index contributed by atoms with van der Waals surface area (Å²) in [5.41, 5.74) is 3.82. The van der Waals surface area contributed by atoms with Crippen LogP contribution < -0.4 is 10.6 Å². The number of rotatable bonds is 6. The summed E-state index contributed by atoms with van der Waals surface area (Å²) < 4.78 is 5.39. The van der Waals surface area contributed by atoms with Crippen LogP contribution in [-0.4, -0.2) is 29.1 Å². The fourth-order valence-electron chi connectivity index (χ4n) is 3.71. The van der Waals surface area contributed by atoms with Gasteiger partial charge in [0.05, 0.1) is 12.2 Å². The summed E-state index contributed by atoms with van der Waals surface area (Å²) in [4.78, 5) is 16.5. The third kappa shape index (κ3) is 5.31. The van der Waals surface area contributed by atoms with Crippen molar-refractivity contribution in [2.45, 2.75) is 26.4 Å². The highest BCUT2D eigenvalue weighted by atomic mass is 32.1. The smallest absolute Gasteiger partial charge is 0.341 e. The molecule has 5 nitrogen and oxygen atoms in total. The number of carbonyl (C=O) groups excluding carboxylic acids is 1. The van der Waals surface area contributed by atoms with E-state index in [0.717, 1.165) is 42.3 Å². The Hall–Kier alpha value is -2.74. The summed E-state index contributed by atoms with van der Waals surface area (Å²) in [6.07, 6.45) is 0.903. The van der Waals surface area contributed by atoms with E-state index in [1.165, 1.54) is 10.4 Å². The van der Waals surface area contributed by atoms with Crippen molar-refractivity contribution in [3.8, 4) is 0 Å². The predicted molar refractivity (Wildman–Crippen MR) is 131 cm³/mol. The normalized spacial score (nSPS) is 13.3. The van der Waals surface area contributed by atoms with Gasteiger partial charge >= 0.3 is 5.97 Å². The lowest BCUT2D eigenvalue weighted by Crippen LogP contribution is -2.30. The molecule has 31 heavy (non-hydrogen) atoms. The Morgan fingerprint density at radius 3 is 2.52 bits per heavy atom. The van der Waals surface area contributed by atoms with Crippen molar-refractivity contribution in [3.63, 3.8) is 0 Å². The lowest BCUT2D eigenvalue weighted by molar-refractivity contribution is 0.0525. The molecular weight excluding hydrogens is 426 g/mol. The quantitative estimate of drug-likeness (QED) is 0.392. The van der Waals surface area contributed by atoms with Crippen molar-refractivity contribution >= 4 is 45.3 Å². The molecule has 0 unspecified atom stereocenters. The summed E-state index contributed by atoms with van der Waals surface area (Å²) in [6.45, 7) is 4.69. The molecule has 0 saturated carbocycles. The molecule has 160 valence electrons. The molecule has 0 spiro atoms. The Kier molecular flexibility index (Phi) is 6.96. The second kappa shape index (κ2) is 10.0. The fraction of sp³-hybridized carbons (Fsp3) is 0.250. The van der Waals surface area contributed by atoms with E-state index in [2.05, 4.69) is 39.8 Å². The number of nitrogens with one attached hydrogen (secondary N) is 2. The number of hydrogen-bond donors (Lipinski definition) is 2. The highest BCUT2D eigenvalue weighted by Crippen LogP contribution is 2.38. The summed E-state index contributed by atoms with van der Waals surface area (Å²) >= 11 is 7.10. The number of benzene rings is 2. The van der Waals surface area contributed by atoms with Crippen LogP contribution in [0.25, 0.3) is 0 Å². The van der Waals surface area contributed by atoms with Crippen molar-refractivity contribution in [3.05, 3.63) is 82.2 Å². The van der Waals surface area contributed by atoms with Gasteiger partial charge in [0.25, 0.3) is 0 Å². The van der Waals surface area contributed by atoms with Crippen molar-refractivity contribution in [2.24, 2.45) is 0 Å². The number of para-hydroxylation sites is 1. The first kappa shape index (κ1) is 21.5. The minimum atomic E-state index is -0.299. The van der Waals surface area contributed by atoms with Crippen LogP contribution in [0.5, 0.6) is 0 Å². The highest BCUT2D eigenvalue weighted by Gasteiger charge is 2.29. The zero-order chi connectivity index (χ0) is 21.6. The van der Waals surface area contributed by atoms with E-state index in [1.54, 1.807) is 11.3 Å². The number of thiophene rings is 1. The van der Waals surface area contributed by atoms with Crippen LogP contribution in [0.4, 0.5) is 10.7 Å². The molecule has 0 saturated heterocycles. The molecule has 0 radical (unpaired) electrons. The van der Waals surface area contributed by atoms with Crippen LogP contribution in [0.15, 0.2) is 60.7 Å². The number of carbonyl (C=O) groups is 1. The summed E-state index contributed by atoms with van der Waals surface area (Å²) in [5.74, 6) is -0.299. The van der Waals surface area contributed by atoms with Crippen LogP contribution >= 0.6 is 23.6 Å². The molecule has 7 heteroatoms. The Balaban J connectivity index is 1.55. The molecule has 0 aliphatic carbocycles. The van der Waals surface area contributed by atoms with E-state index in [1.807, 2.05) is 43.3 Å². The van der Waals surface area contributed by atoms with Gasteiger partial charge in [-0.05, 0) is 48.8 Å². The Morgan fingerprint density at radius 1 is 1.10 bits per heavy atom. The van der Waals surface area contributed by atoms with Gasteiger partial charge in [-0.3, -0.25) is 4.90 Å². The number of esters is 1. The summed E-state index contributed by atoms with van der Waals surface area (Å²) in [5, 5.41) is 7.62. The fourth-order valence-corrected chi connectivity index (χ4v) is 5.19. The molecule has 2 aromatic carbocycles. The zero-order valence-electron chi connectivity index (χ0n) is 17.4. The molecule has 4 rings (SSSR count). The maximum absolute atomic E-state index is 12.9. The molecule has 0 atom stereocenters. The Morgan fingerprint density at radius 2 is 1.81 bits per heavy atom. The molecular formula is C24H25N3O2S2. The largest absolute Gasteiger partial charge is 0.462 e. The number of nitrogens with zero attached hydrogens (tertiary/aromatic N) is 1. The minimum Gasteiger partial charge on any atom is -0.462 e. The van der Waals surface area contributed by atoms with E-state index >= 15 is 0 Å². The van der Waals surface area contributed by atoms with Gasteiger partial charge in [0.2, 0.25) is 0 Å². The predicted octanol–water partition coefficient (Wildman–Crippen LogP) is 5.29. The van der Waals surface area contributed by atoms with Gasteiger partial charge in [0.1, 0.15) is 5.00 Å². The number of thiocarbonyl (C=S) groups is 1. The van der Waals surface area contributed by atoms with Crippen molar-refractivity contribution in [1.82, 2.24) is 4.90 Å². The maximum atomic E-state index is 12.9. The molecule has 1 aliphatic heterocycles. The van der Waals surface area contributed by atoms with E-state index in [-0.39, 0.29) is 5.97 Å². The third-order valence-corrected chi connectivity index (χ3v) is 6.53. The second-order valence-electron chi connectivity index (χ2n) is 7.32. The van der Waals surface area contributed by atoms with Gasteiger partial charge in [-0.2, -0.15) is 0 Å². The lowest BCUT2D eigenvalue weighted by Gasteiger charge is -2.27. The van der Waals surface area contributed by atoms with Gasteiger partial charge in [-0.1, -0.05) is 48.5 Å². The van der Waals surface area contributed by atoms with Crippen LogP contribution in [0.1, 0.15) is 33.3 Å². The molecule has 2 N–H and O–H groups in total. The van der Waals surface area contributed by atoms with Gasteiger partial charge < -0.3 is 15.4 Å². The van der Waals surface area contributed by atoms with E-state index in [0.29, 0.717) is 17.3 Å². The average Bonchev–Trinajstić information content (AvgIpc) is 3.12. The third-order valence-electron chi connectivity index (χ3n) is 5.11. The van der Waals surface area contributed by atoms with Gasteiger partial charge in [0, 0.05) is 30.2 Å². The molecule has 3 aromatic rings. The molecule has 0 amide bonds.